The molecule has 1 aliphatic heterocycles. The number of ether oxygens (including phenoxy) is 2. The Bertz CT molecular complexity index is 1140. The number of carbonyl (C=O) groups excluding carboxylic acids is 1. The van der Waals surface area contributed by atoms with Crippen LogP contribution in [0.1, 0.15) is 28.2 Å². The Morgan fingerprint density at radius 2 is 1.72 bits per heavy atom. The number of alkyl carbamates (subject to hydrolysis) is 1. The van der Waals surface area contributed by atoms with E-state index < -0.39 is 18.1 Å². The van der Waals surface area contributed by atoms with Gasteiger partial charge in [0.25, 0.3) is 0 Å². The maximum atomic E-state index is 12.5. The summed E-state index contributed by atoms with van der Waals surface area (Å²) < 4.78 is 11.0. The molecule has 1 heterocycles. The molecular formula is C26H23NO5. The zero-order valence-corrected chi connectivity index (χ0v) is 17.4. The molecule has 0 fully saturated rings. The topological polar surface area (TPSA) is 84.9 Å². The molecule has 1 atom stereocenters. The molecule has 0 bridgehead atoms. The molecule has 1 amide bonds. The molecule has 1 aliphatic carbocycles. The lowest BCUT2D eigenvalue weighted by molar-refractivity contribution is -0.139. The SMILES string of the molecule is O=C(NC(Cc1ccc2c(c1)CCO2)C(=O)O)OCC1c2ccccc2-c2ccccc21. The van der Waals surface area contributed by atoms with Crippen molar-refractivity contribution in [2.75, 3.05) is 13.2 Å². The predicted octanol–water partition coefficient (Wildman–Crippen LogP) is 4.16. The van der Waals surface area contributed by atoms with Crippen LogP contribution in [-0.4, -0.2) is 36.4 Å². The highest BCUT2D eigenvalue weighted by molar-refractivity contribution is 5.81. The van der Waals surface area contributed by atoms with E-state index in [9.17, 15) is 14.7 Å². The lowest BCUT2D eigenvalue weighted by Gasteiger charge is -2.18. The molecule has 5 rings (SSSR count). The van der Waals surface area contributed by atoms with Crippen molar-refractivity contribution in [2.45, 2.75) is 24.8 Å². The zero-order chi connectivity index (χ0) is 22.1. The Morgan fingerprint density at radius 1 is 1.03 bits per heavy atom. The summed E-state index contributed by atoms with van der Waals surface area (Å²) in [6.45, 7) is 0.779. The van der Waals surface area contributed by atoms with Gasteiger partial charge >= 0.3 is 12.1 Å². The summed E-state index contributed by atoms with van der Waals surface area (Å²) in [7, 11) is 0. The molecule has 6 heteroatoms. The van der Waals surface area contributed by atoms with Gasteiger partial charge in [-0.25, -0.2) is 9.59 Å². The van der Waals surface area contributed by atoms with Gasteiger partial charge in [0.05, 0.1) is 6.61 Å². The smallest absolute Gasteiger partial charge is 0.407 e. The average molecular weight is 429 g/mol. The third-order valence-electron chi connectivity index (χ3n) is 6.13. The first-order chi connectivity index (χ1) is 15.6. The maximum Gasteiger partial charge on any atom is 0.407 e. The van der Waals surface area contributed by atoms with Crippen LogP contribution in [0.25, 0.3) is 11.1 Å². The molecule has 3 aromatic rings. The average Bonchev–Trinajstić information content (AvgIpc) is 3.39. The second-order valence-electron chi connectivity index (χ2n) is 8.11. The Hall–Kier alpha value is -3.80. The van der Waals surface area contributed by atoms with E-state index in [1.165, 1.54) is 0 Å². The molecular weight excluding hydrogens is 406 g/mol. The third-order valence-corrected chi connectivity index (χ3v) is 6.13. The summed E-state index contributed by atoms with van der Waals surface area (Å²) in [5, 5.41) is 12.1. The number of carbonyl (C=O) groups is 2. The molecule has 162 valence electrons. The Morgan fingerprint density at radius 3 is 2.41 bits per heavy atom. The lowest BCUT2D eigenvalue weighted by atomic mass is 9.98. The van der Waals surface area contributed by atoms with Crippen molar-refractivity contribution >= 4 is 12.1 Å². The normalized spacial score (nSPS) is 14.6. The van der Waals surface area contributed by atoms with E-state index in [4.69, 9.17) is 9.47 Å². The van der Waals surface area contributed by atoms with Crippen LogP contribution in [0, 0.1) is 0 Å². The van der Waals surface area contributed by atoms with Crippen molar-refractivity contribution in [2.24, 2.45) is 0 Å². The summed E-state index contributed by atoms with van der Waals surface area (Å²) in [6, 6.07) is 20.7. The highest BCUT2D eigenvalue weighted by Crippen LogP contribution is 2.44. The molecule has 0 spiro atoms. The van der Waals surface area contributed by atoms with Gasteiger partial charge < -0.3 is 19.9 Å². The number of aliphatic carboxylic acids is 1. The molecule has 0 saturated heterocycles. The van der Waals surface area contributed by atoms with Crippen molar-refractivity contribution in [1.82, 2.24) is 5.32 Å². The first-order valence-corrected chi connectivity index (χ1v) is 10.7. The van der Waals surface area contributed by atoms with E-state index in [-0.39, 0.29) is 18.9 Å². The summed E-state index contributed by atoms with van der Waals surface area (Å²) in [4.78, 5) is 24.3. The second-order valence-corrected chi connectivity index (χ2v) is 8.11. The molecule has 3 aromatic carbocycles. The number of benzene rings is 3. The number of hydrogen-bond donors (Lipinski definition) is 2. The quantitative estimate of drug-likeness (QED) is 0.615. The molecule has 32 heavy (non-hydrogen) atoms. The summed E-state index contributed by atoms with van der Waals surface area (Å²) in [5.41, 5.74) is 6.39. The van der Waals surface area contributed by atoms with Crippen molar-refractivity contribution in [3.63, 3.8) is 0 Å². The fourth-order valence-electron chi connectivity index (χ4n) is 4.59. The molecule has 0 aromatic heterocycles. The molecule has 0 saturated carbocycles. The standard InChI is InChI=1S/C26H23NO5/c28-25(29)23(14-16-9-10-24-17(13-16)11-12-31-24)27-26(30)32-15-22-20-7-3-1-5-18(20)19-6-2-4-8-21(19)22/h1-10,13,22-23H,11-12,14-15H2,(H,27,30)(H,28,29). The van der Waals surface area contributed by atoms with E-state index in [1.807, 2.05) is 54.6 Å². The van der Waals surface area contributed by atoms with Crippen molar-refractivity contribution in [3.05, 3.63) is 89.0 Å². The first kappa shape index (κ1) is 20.1. The van der Waals surface area contributed by atoms with Gasteiger partial charge in [0.2, 0.25) is 0 Å². The van der Waals surface area contributed by atoms with Gasteiger partial charge in [-0.05, 0) is 39.4 Å². The van der Waals surface area contributed by atoms with Crippen LogP contribution in [-0.2, 0) is 22.4 Å². The van der Waals surface area contributed by atoms with Gasteiger partial charge in [-0.3, -0.25) is 0 Å². The summed E-state index contributed by atoms with van der Waals surface area (Å²) >= 11 is 0. The minimum atomic E-state index is -1.10. The molecule has 2 N–H and O–H groups in total. The fraction of sp³-hybridized carbons (Fsp3) is 0.231. The third kappa shape index (κ3) is 3.80. The van der Waals surface area contributed by atoms with Crippen LogP contribution in [0.2, 0.25) is 0 Å². The highest BCUT2D eigenvalue weighted by Gasteiger charge is 2.30. The molecule has 0 radical (unpaired) electrons. The van der Waals surface area contributed by atoms with Gasteiger partial charge in [-0.2, -0.15) is 0 Å². The Kier molecular flexibility index (Phi) is 5.27. The van der Waals surface area contributed by atoms with Crippen molar-refractivity contribution in [1.29, 1.82) is 0 Å². The van der Waals surface area contributed by atoms with Gasteiger partial charge in [0, 0.05) is 18.8 Å². The van der Waals surface area contributed by atoms with Crippen molar-refractivity contribution < 1.29 is 24.2 Å². The monoisotopic (exact) mass is 429 g/mol. The molecule has 2 aliphatic rings. The number of hydrogen-bond acceptors (Lipinski definition) is 4. The van der Waals surface area contributed by atoms with E-state index in [0.717, 1.165) is 45.6 Å². The van der Waals surface area contributed by atoms with Gasteiger partial charge in [-0.1, -0.05) is 60.7 Å². The minimum Gasteiger partial charge on any atom is -0.493 e. The van der Waals surface area contributed by atoms with Gasteiger partial charge in [0.1, 0.15) is 18.4 Å². The number of rotatable bonds is 6. The second kappa shape index (κ2) is 8.38. The van der Waals surface area contributed by atoms with Crippen LogP contribution in [0.5, 0.6) is 5.75 Å². The number of carboxylic acids is 1. The number of nitrogens with one attached hydrogen (secondary N) is 1. The maximum absolute atomic E-state index is 12.5. The van der Waals surface area contributed by atoms with Gasteiger partial charge in [-0.15, -0.1) is 0 Å². The van der Waals surface area contributed by atoms with Crippen LogP contribution < -0.4 is 10.1 Å². The molecule has 1 unspecified atom stereocenters. The van der Waals surface area contributed by atoms with E-state index in [0.29, 0.717) is 6.61 Å². The first-order valence-electron chi connectivity index (χ1n) is 10.7. The minimum absolute atomic E-state index is 0.0758. The Balaban J connectivity index is 1.25. The fourth-order valence-corrected chi connectivity index (χ4v) is 4.59. The lowest BCUT2D eigenvalue weighted by Crippen LogP contribution is -2.42. The summed E-state index contributed by atoms with van der Waals surface area (Å²) in [6.07, 6.45) is 0.247. The molecule has 6 nitrogen and oxygen atoms in total. The van der Waals surface area contributed by atoms with E-state index >= 15 is 0 Å². The number of carboxylic acid groups (broad SMARTS) is 1. The van der Waals surface area contributed by atoms with Crippen LogP contribution >= 0.6 is 0 Å². The van der Waals surface area contributed by atoms with E-state index in [2.05, 4.69) is 17.4 Å². The van der Waals surface area contributed by atoms with Crippen LogP contribution in [0.15, 0.2) is 66.7 Å². The zero-order valence-electron chi connectivity index (χ0n) is 17.4. The Labute approximate surface area is 185 Å². The summed E-state index contributed by atoms with van der Waals surface area (Å²) in [5.74, 6) is -0.339. The predicted molar refractivity (Wildman–Crippen MR) is 119 cm³/mol. The van der Waals surface area contributed by atoms with E-state index in [1.54, 1.807) is 0 Å². The number of amides is 1. The largest absolute Gasteiger partial charge is 0.493 e. The van der Waals surface area contributed by atoms with Gasteiger partial charge in [0.15, 0.2) is 0 Å². The van der Waals surface area contributed by atoms with Crippen LogP contribution in [0.3, 0.4) is 0 Å². The highest BCUT2D eigenvalue weighted by atomic mass is 16.5. The van der Waals surface area contributed by atoms with Crippen molar-refractivity contribution in [3.8, 4) is 16.9 Å². The number of fused-ring (bicyclic) bond motifs is 4. The van der Waals surface area contributed by atoms with Crippen LogP contribution in [0.4, 0.5) is 4.79 Å².